The van der Waals surface area contributed by atoms with Gasteiger partial charge in [0.15, 0.2) is 5.96 Å². The van der Waals surface area contributed by atoms with Crippen molar-refractivity contribution in [3.8, 4) is 0 Å². The van der Waals surface area contributed by atoms with Crippen LogP contribution in [0.5, 0.6) is 0 Å². The molecule has 2 atom stereocenters. The Kier molecular flexibility index (Phi) is 9.32. The summed E-state index contributed by atoms with van der Waals surface area (Å²) in [5, 5.41) is 11.0. The van der Waals surface area contributed by atoms with Gasteiger partial charge in [0, 0.05) is 45.0 Å². The molecule has 0 aromatic carbocycles. The summed E-state index contributed by atoms with van der Waals surface area (Å²) in [5.41, 5.74) is 2.14. The fourth-order valence-electron chi connectivity index (χ4n) is 3.23. The topological polar surface area (TPSA) is 57.5 Å². The Morgan fingerprint density at radius 2 is 2.11 bits per heavy atom. The first-order chi connectivity index (χ1) is 12.2. The zero-order valence-corrected chi connectivity index (χ0v) is 18.6. The molecular formula is C17H30F3IN6. The van der Waals surface area contributed by atoms with E-state index in [1.54, 1.807) is 7.05 Å². The summed E-state index contributed by atoms with van der Waals surface area (Å²) in [5.74, 6) is 0.959. The van der Waals surface area contributed by atoms with Crippen LogP contribution in [0.1, 0.15) is 24.7 Å². The summed E-state index contributed by atoms with van der Waals surface area (Å²) in [6, 6.07) is 2.03. The van der Waals surface area contributed by atoms with Crippen LogP contribution in [0.4, 0.5) is 13.2 Å². The lowest BCUT2D eigenvalue weighted by atomic mass is 10.2. The maximum Gasteiger partial charge on any atom is 0.401 e. The van der Waals surface area contributed by atoms with Gasteiger partial charge in [0.25, 0.3) is 0 Å². The van der Waals surface area contributed by atoms with E-state index in [9.17, 15) is 13.2 Å². The third kappa shape index (κ3) is 8.24. The van der Waals surface area contributed by atoms with Gasteiger partial charge < -0.3 is 10.6 Å². The first-order valence-corrected chi connectivity index (χ1v) is 8.93. The average Bonchev–Trinajstić information content (AvgIpc) is 3.08. The summed E-state index contributed by atoms with van der Waals surface area (Å²) in [6.45, 7) is 7.61. The molecule has 1 saturated heterocycles. The molecule has 0 aliphatic carbocycles. The van der Waals surface area contributed by atoms with Gasteiger partial charge in [-0.05, 0) is 32.3 Å². The first-order valence-electron chi connectivity index (χ1n) is 8.93. The van der Waals surface area contributed by atoms with Crippen molar-refractivity contribution in [2.45, 2.75) is 46.0 Å². The second-order valence-electron chi connectivity index (χ2n) is 7.15. The zero-order chi connectivity index (χ0) is 19.3. The molecule has 1 aliphatic rings. The summed E-state index contributed by atoms with van der Waals surface area (Å²) in [4.78, 5) is 5.61. The molecule has 1 aliphatic heterocycles. The molecule has 1 aromatic heterocycles. The Morgan fingerprint density at radius 3 is 2.67 bits per heavy atom. The van der Waals surface area contributed by atoms with Crippen LogP contribution >= 0.6 is 24.0 Å². The van der Waals surface area contributed by atoms with E-state index in [-0.39, 0.29) is 30.0 Å². The summed E-state index contributed by atoms with van der Waals surface area (Å²) < 4.78 is 39.4. The van der Waals surface area contributed by atoms with E-state index < -0.39 is 12.7 Å². The number of likely N-dealkylation sites (tertiary alicyclic amines) is 1. The van der Waals surface area contributed by atoms with Crippen molar-refractivity contribution >= 4 is 29.9 Å². The van der Waals surface area contributed by atoms with E-state index >= 15 is 0 Å². The number of aromatic nitrogens is 2. The normalized spacial score (nSPS) is 19.7. The van der Waals surface area contributed by atoms with Gasteiger partial charge in [0.05, 0.1) is 12.2 Å². The van der Waals surface area contributed by atoms with Crippen molar-refractivity contribution in [1.82, 2.24) is 25.3 Å². The van der Waals surface area contributed by atoms with E-state index in [1.165, 1.54) is 4.90 Å². The van der Waals surface area contributed by atoms with E-state index in [1.807, 2.05) is 24.6 Å². The Balaban J connectivity index is 0.00000364. The van der Waals surface area contributed by atoms with E-state index in [0.717, 1.165) is 17.9 Å². The first kappa shape index (κ1) is 24.0. The van der Waals surface area contributed by atoms with Crippen molar-refractivity contribution in [2.24, 2.45) is 10.9 Å². The Hall–Kier alpha value is -1.04. The van der Waals surface area contributed by atoms with Crippen molar-refractivity contribution in [3.05, 3.63) is 17.5 Å². The summed E-state index contributed by atoms with van der Waals surface area (Å²) in [7, 11) is 1.67. The number of hydrogen-bond donors (Lipinski definition) is 2. The number of aliphatic imine (C=N–C) groups is 1. The lowest BCUT2D eigenvalue weighted by Gasteiger charge is -2.21. The molecule has 2 N–H and O–H groups in total. The molecule has 1 fully saturated rings. The molecule has 1 aromatic rings. The van der Waals surface area contributed by atoms with Crippen LogP contribution in [0.25, 0.3) is 0 Å². The lowest BCUT2D eigenvalue weighted by Crippen LogP contribution is -2.46. The monoisotopic (exact) mass is 502 g/mol. The minimum absolute atomic E-state index is 0. The van der Waals surface area contributed by atoms with Crippen LogP contribution in [0.2, 0.25) is 0 Å². The van der Waals surface area contributed by atoms with Gasteiger partial charge >= 0.3 is 6.18 Å². The number of guanidine groups is 1. The highest BCUT2D eigenvalue weighted by Crippen LogP contribution is 2.19. The van der Waals surface area contributed by atoms with Gasteiger partial charge in [-0.3, -0.25) is 14.6 Å². The van der Waals surface area contributed by atoms with Gasteiger partial charge in [-0.1, -0.05) is 6.92 Å². The predicted molar refractivity (Wildman–Crippen MR) is 112 cm³/mol. The fourth-order valence-corrected chi connectivity index (χ4v) is 3.23. The fraction of sp³-hybridized carbons (Fsp3) is 0.765. The smallest absolute Gasteiger partial charge is 0.356 e. The van der Waals surface area contributed by atoms with Crippen LogP contribution in [-0.4, -0.2) is 66.1 Å². The number of aryl methyl sites for hydroxylation is 2. The van der Waals surface area contributed by atoms with Gasteiger partial charge in [-0.2, -0.15) is 18.3 Å². The molecule has 0 amide bonds. The zero-order valence-electron chi connectivity index (χ0n) is 16.3. The largest absolute Gasteiger partial charge is 0.401 e. The molecular weight excluding hydrogens is 472 g/mol. The maximum atomic E-state index is 12.5. The molecule has 156 valence electrons. The Bertz CT molecular complexity index is 616. The number of hydrogen-bond acceptors (Lipinski definition) is 3. The minimum atomic E-state index is -4.15. The van der Waals surface area contributed by atoms with Crippen LogP contribution in [0.3, 0.4) is 0 Å². The van der Waals surface area contributed by atoms with E-state index in [4.69, 9.17) is 0 Å². The SMILES string of the molecule is CN=C(NCC(C)Cn1nc(C)cc1C)NC1CCN(CC(F)(F)F)C1.I. The molecule has 0 radical (unpaired) electrons. The minimum Gasteiger partial charge on any atom is -0.356 e. The van der Waals surface area contributed by atoms with Crippen molar-refractivity contribution in [2.75, 3.05) is 33.2 Å². The maximum absolute atomic E-state index is 12.5. The van der Waals surface area contributed by atoms with E-state index in [0.29, 0.717) is 37.9 Å². The van der Waals surface area contributed by atoms with Gasteiger partial charge in [0.1, 0.15) is 0 Å². The van der Waals surface area contributed by atoms with Crippen molar-refractivity contribution in [1.29, 1.82) is 0 Å². The molecule has 2 unspecified atom stereocenters. The molecule has 0 spiro atoms. The Morgan fingerprint density at radius 1 is 1.41 bits per heavy atom. The van der Waals surface area contributed by atoms with Gasteiger partial charge in [-0.15, -0.1) is 24.0 Å². The van der Waals surface area contributed by atoms with Crippen LogP contribution in [0, 0.1) is 19.8 Å². The molecule has 2 rings (SSSR count). The predicted octanol–water partition coefficient (Wildman–Crippen LogP) is 2.56. The van der Waals surface area contributed by atoms with E-state index in [2.05, 4.69) is 27.6 Å². The second kappa shape index (κ2) is 10.5. The molecule has 0 saturated carbocycles. The lowest BCUT2D eigenvalue weighted by molar-refractivity contribution is -0.143. The quantitative estimate of drug-likeness (QED) is 0.357. The second-order valence-corrected chi connectivity index (χ2v) is 7.15. The summed E-state index contributed by atoms with van der Waals surface area (Å²) >= 11 is 0. The number of alkyl halides is 3. The van der Waals surface area contributed by atoms with Gasteiger partial charge in [-0.25, -0.2) is 0 Å². The number of nitrogens with zero attached hydrogens (tertiary/aromatic N) is 4. The van der Waals surface area contributed by atoms with Crippen molar-refractivity contribution < 1.29 is 13.2 Å². The standard InChI is InChI=1S/C17H29F3N6.HI/c1-12(9-26-14(3)7-13(2)24-26)8-22-16(21-4)23-15-5-6-25(10-15)11-17(18,19)20;/h7,12,15H,5-6,8-11H2,1-4H3,(H2,21,22,23);1H. The molecule has 0 bridgehead atoms. The molecule has 6 nitrogen and oxygen atoms in total. The molecule has 2 heterocycles. The highest BCUT2D eigenvalue weighted by Gasteiger charge is 2.34. The molecule has 10 heteroatoms. The number of halogens is 4. The van der Waals surface area contributed by atoms with Crippen molar-refractivity contribution in [3.63, 3.8) is 0 Å². The number of rotatable bonds is 6. The summed E-state index contributed by atoms with van der Waals surface area (Å²) in [6.07, 6.45) is -3.47. The van der Waals surface area contributed by atoms with Crippen LogP contribution < -0.4 is 10.6 Å². The highest BCUT2D eigenvalue weighted by molar-refractivity contribution is 14.0. The highest BCUT2D eigenvalue weighted by atomic mass is 127. The van der Waals surface area contributed by atoms with Crippen LogP contribution in [-0.2, 0) is 6.54 Å². The molecule has 27 heavy (non-hydrogen) atoms. The third-order valence-electron chi connectivity index (χ3n) is 4.45. The third-order valence-corrected chi connectivity index (χ3v) is 4.45. The Labute approximate surface area is 176 Å². The number of nitrogens with one attached hydrogen (secondary N) is 2. The van der Waals surface area contributed by atoms with Crippen LogP contribution in [0.15, 0.2) is 11.1 Å². The van der Waals surface area contributed by atoms with Gasteiger partial charge in [0.2, 0.25) is 0 Å². The average molecular weight is 502 g/mol.